The summed E-state index contributed by atoms with van der Waals surface area (Å²) in [5, 5.41) is 8.94. The Hall–Kier alpha value is -1.59. The van der Waals surface area contributed by atoms with Gasteiger partial charge in [0, 0.05) is 6.42 Å². The second-order valence-corrected chi connectivity index (χ2v) is 6.00. The number of nitriles is 1. The van der Waals surface area contributed by atoms with Gasteiger partial charge in [-0.25, -0.2) is 8.42 Å². The molecule has 1 N–H and O–H groups in total. The number of hydrogen-bond acceptors (Lipinski definition) is 3. The lowest BCUT2D eigenvalue weighted by molar-refractivity contribution is -0.134. The van der Waals surface area contributed by atoms with Crippen LogP contribution in [0, 0.1) is 11.3 Å². The number of halogens is 3. The number of nitrogens with zero attached hydrogens (tertiary/aromatic N) is 1. The van der Waals surface area contributed by atoms with Crippen LogP contribution in [0.25, 0.3) is 0 Å². The summed E-state index contributed by atoms with van der Waals surface area (Å²) in [5.74, 6) is -0.669. The molecule has 0 radical (unpaired) electrons. The molecule has 0 spiro atoms. The third kappa shape index (κ3) is 6.04. The fourth-order valence-corrected chi connectivity index (χ4v) is 2.71. The number of alkyl halides is 3. The van der Waals surface area contributed by atoms with E-state index in [1.54, 1.807) is 36.4 Å². The SMILES string of the molecule is N#CC(NS(=O)(=O)CCCC(F)(F)F)c1ccccc1. The Kier molecular flexibility index (Phi) is 5.53. The lowest BCUT2D eigenvalue weighted by Gasteiger charge is -2.12. The van der Waals surface area contributed by atoms with E-state index in [0.29, 0.717) is 5.56 Å². The highest BCUT2D eigenvalue weighted by Gasteiger charge is 2.28. The van der Waals surface area contributed by atoms with Crippen LogP contribution in [0.1, 0.15) is 24.4 Å². The van der Waals surface area contributed by atoms with Crippen molar-refractivity contribution in [3.05, 3.63) is 35.9 Å². The minimum absolute atomic E-state index is 0.439. The second kappa shape index (κ2) is 6.72. The summed E-state index contributed by atoms with van der Waals surface area (Å²) in [6.45, 7) is 0. The molecule has 0 fully saturated rings. The Morgan fingerprint density at radius 2 is 1.85 bits per heavy atom. The van der Waals surface area contributed by atoms with Crippen LogP contribution in [0.15, 0.2) is 30.3 Å². The highest BCUT2D eigenvalue weighted by atomic mass is 32.2. The Morgan fingerprint density at radius 3 is 2.35 bits per heavy atom. The number of hydrogen-bond donors (Lipinski definition) is 1. The van der Waals surface area contributed by atoms with E-state index in [1.165, 1.54) is 0 Å². The van der Waals surface area contributed by atoms with E-state index in [9.17, 15) is 21.6 Å². The van der Waals surface area contributed by atoms with Crippen LogP contribution in [-0.4, -0.2) is 20.3 Å². The van der Waals surface area contributed by atoms with E-state index in [2.05, 4.69) is 4.72 Å². The highest BCUT2D eigenvalue weighted by Crippen LogP contribution is 2.21. The number of benzene rings is 1. The van der Waals surface area contributed by atoms with Gasteiger partial charge in [0.25, 0.3) is 0 Å². The van der Waals surface area contributed by atoms with Gasteiger partial charge in [-0.1, -0.05) is 30.3 Å². The zero-order valence-corrected chi connectivity index (χ0v) is 11.2. The first-order valence-electron chi connectivity index (χ1n) is 5.75. The molecular formula is C12H13F3N2O2S. The molecule has 1 unspecified atom stereocenters. The minimum Gasteiger partial charge on any atom is -0.212 e. The molecule has 1 atom stereocenters. The van der Waals surface area contributed by atoms with Gasteiger partial charge in [-0.05, 0) is 12.0 Å². The maximum atomic E-state index is 12.0. The van der Waals surface area contributed by atoms with Crippen LogP contribution in [0.5, 0.6) is 0 Å². The second-order valence-electron chi connectivity index (χ2n) is 4.13. The van der Waals surface area contributed by atoms with Crippen molar-refractivity contribution >= 4 is 10.0 Å². The van der Waals surface area contributed by atoms with Crippen molar-refractivity contribution in [2.24, 2.45) is 0 Å². The van der Waals surface area contributed by atoms with E-state index < -0.39 is 40.8 Å². The molecule has 0 aliphatic rings. The van der Waals surface area contributed by atoms with Crippen LogP contribution in [0.3, 0.4) is 0 Å². The van der Waals surface area contributed by atoms with Crippen LogP contribution in [0.2, 0.25) is 0 Å². The van der Waals surface area contributed by atoms with Gasteiger partial charge in [0.05, 0.1) is 11.8 Å². The lowest BCUT2D eigenvalue weighted by atomic mass is 10.1. The smallest absolute Gasteiger partial charge is 0.212 e. The predicted molar refractivity (Wildman–Crippen MR) is 67.0 cm³/mol. The van der Waals surface area contributed by atoms with Gasteiger partial charge in [0.2, 0.25) is 10.0 Å². The molecule has 0 aliphatic carbocycles. The molecule has 4 nitrogen and oxygen atoms in total. The Morgan fingerprint density at radius 1 is 1.25 bits per heavy atom. The molecule has 1 rings (SSSR count). The summed E-state index contributed by atoms with van der Waals surface area (Å²) in [7, 11) is -3.94. The molecule has 8 heteroatoms. The first-order valence-corrected chi connectivity index (χ1v) is 7.40. The van der Waals surface area contributed by atoms with Crippen molar-refractivity contribution in [3.63, 3.8) is 0 Å². The number of rotatable bonds is 6. The molecule has 0 heterocycles. The van der Waals surface area contributed by atoms with Crippen molar-refractivity contribution in [1.29, 1.82) is 5.26 Å². The van der Waals surface area contributed by atoms with Crippen molar-refractivity contribution in [1.82, 2.24) is 4.72 Å². The minimum atomic E-state index is -4.39. The maximum Gasteiger partial charge on any atom is 0.389 e. The van der Waals surface area contributed by atoms with Gasteiger partial charge in [0.15, 0.2) is 0 Å². The van der Waals surface area contributed by atoms with E-state index in [1.807, 2.05) is 0 Å². The molecule has 0 aromatic heterocycles. The average Bonchev–Trinajstić information content (AvgIpc) is 2.35. The largest absolute Gasteiger partial charge is 0.389 e. The van der Waals surface area contributed by atoms with Gasteiger partial charge < -0.3 is 0 Å². The first-order chi connectivity index (χ1) is 9.23. The Balaban J connectivity index is 2.63. The van der Waals surface area contributed by atoms with Crippen molar-refractivity contribution in [2.75, 3.05) is 5.75 Å². The third-order valence-corrected chi connectivity index (χ3v) is 3.85. The number of sulfonamides is 1. The molecule has 1 aromatic carbocycles. The summed E-state index contributed by atoms with van der Waals surface area (Å²) >= 11 is 0. The number of nitrogens with one attached hydrogen (secondary N) is 1. The van der Waals surface area contributed by atoms with Crippen molar-refractivity contribution < 1.29 is 21.6 Å². The summed E-state index contributed by atoms with van der Waals surface area (Å²) in [6.07, 6.45) is -6.09. The van der Waals surface area contributed by atoms with Crippen molar-refractivity contribution in [3.8, 4) is 6.07 Å². The zero-order chi connectivity index (χ0) is 15.2. The van der Waals surface area contributed by atoms with Crippen LogP contribution >= 0.6 is 0 Å². The third-order valence-electron chi connectivity index (χ3n) is 2.43. The molecule has 20 heavy (non-hydrogen) atoms. The topological polar surface area (TPSA) is 70.0 Å². The van der Waals surface area contributed by atoms with Gasteiger partial charge in [-0.15, -0.1) is 0 Å². The molecule has 0 amide bonds. The molecule has 0 aliphatic heterocycles. The monoisotopic (exact) mass is 306 g/mol. The first kappa shape index (κ1) is 16.5. The molecule has 0 bridgehead atoms. The molecule has 1 aromatic rings. The van der Waals surface area contributed by atoms with Gasteiger partial charge in [0.1, 0.15) is 6.04 Å². The van der Waals surface area contributed by atoms with Crippen LogP contribution < -0.4 is 4.72 Å². The van der Waals surface area contributed by atoms with E-state index in [0.717, 1.165) is 0 Å². The Labute approximate surface area is 115 Å². The standard InChI is InChI=1S/C12H13F3N2O2S/c13-12(14,15)7-4-8-20(18,19)17-11(9-16)10-5-2-1-3-6-10/h1-3,5-6,11,17H,4,7-8H2. The molecule has 0 saturated carbocycles. The predicted octanol–water partition coefficient (Wildman–Crippen LogP) is 2.51. The summed E-state index contributed by atoms with van der Waals surface area (Å²) in [5.41, 5.74) is 0.439. The summed E-state index contributed by atoms with van der Waals surface area (Å²) in [6, 6.07) is 8.76. The molecular weight excluding hydrogens is 293 g/mol. The fraction of sp³-hybridized carbons (Fsp3) is 0.417. The van der Waals surface area contributed by atoms with Gasteiger partial charge in [-0.3, -0.25) is 0 Å². The van der Waals surface area contributed by atoms with E-state index in [4.69, 9.17) is 5.26 Å². The summed E-state index contributed by atoms with van der Waals surface area (Å²) < 4.78 is 61.2. The van der Waals surface area contributed by atoms with Crippen LogP contribution in [0.4, 0.5) is 13.2 Å². The van der Waals surface area contributed by atoms with E-state index in [-0.39, 0.29) is 0 Å². The van der Waals surface area contributed by atoms with Crippen molar-refractivity contribution in [2.45, 2.75) is 25.1 Å². The van der Waals surface area contributed by atoms with Crippen LogP contribution in [-0.2, 0) is 10.0 Å². The zero-order valence-electron chi connectivity index (χ0n) is 10.4. The maximum absolute atomic E-state index is 12.0. The quantitative estimate of drug-likeness (QED) is 0.878. The summed E-state index contributed by atoms with van der Waals surface area (Å²) in [4.78, 5) is 0. The normalized spacial score (nSPS) is 13.7. The Bertz CT molecular complexity index is 565. The average molecular weight is 306 g/mol. The molecule has 0 saturated heterocycles. The highest BCUT2D eigenvalue weighted by molar-refractivity contribution is 7.89. The fourth-order valence-electron chi connectivity index (χ4n) is 1.52. The van der Waals surface area contributed by atoms with Gasteiger partial charge in [-0.2, -0.15) is 23.2 Å². The molecule has 110 valence electrons. The lowest BCUT2D eigenvalue weighted by Crippen LogP contribution is -2.30. The van der Waals surface area contributed by atoms with Gasteiger partial charge >= 0.3 is 6.18 Å². The van der Waals surface area contributed by atoms with E-state index >= 15 is 0 Å².